The van der Waals surface area contributed by atoms with Crippen molar-refractivity contribution < 1.29 is 19.1 Å². The Hall–Kier alpha value is -3.48. The molecule has 0 radical (unpaired) electrons. The maximum Gasteiger partial charge on any atom is 0.289 e. The molecule has 0 saturated carbocycles. The van der Waals surface area contributed by atoms with Gasteiger partial charge in [0.05, 0.1) is 0 Å². The number of hydrogen-bond donors (Lipinski definition) is 1. The molecule has 3 heterocycles. The highest BCUT2D eigenvalue weighted by molar-refractivity contribution is 6.03. The van der Waals surface area contributed by atoms with Crippen LogP contribution >= 0.6 is 0 Å². The smallest absolute Gasteiger partial charge is 0.289 e. The van der Waals surface area contributed by atoms with Crippen LogP contribution in [0.4, 0.5) is 5.69 Å². The molecule has 7 nitrogen and oxygen atoms in total. The molecule has 30 heavy (non-hydrogen) atoms. The Morgan fingerprint density at radius 3 is 2.73 bits per heavy atom. The number of allylic oxidation sites excluding steroid dienone is 1. The van der Waals surface area contributed by atoms with Gasteiger partial charge in [0.1, 0.15) is 11.3 Å². The number of aromatic nitrogens is 1. The predicted octanol–water partition coefficient (Wildman–Crippen LogP) is 2.87. The lowest BCUT2D eigenvalue weighted by Crippen LogP contribution is -2.41. The van der Waals surface area contributed by atoms with Gasteiger partial charge in [-0.25, -0.2) is 0 Å². The van der Waals surface area contributed by atoms with Crippen molar-refractivity contribution in [3.63, 3.8) is 0 Å². The van der Waals surface area contributed by atoms with E-state index in [1.807, 2.05) is 18.2 Å². The molecular weight excluding hydrogens is 382 g/mol. The van der Waals surface area contributed by atoms with Gasteiger partial charge in [-0.2, -0.15) is 0 Å². The molecule has 0 spiro atoms. The average Bonchev–Trinajstić information content (AvgIpc) is 2.72. The SMILES string of the molecule is CC1(C)CC(=O)C=C(C(=O)N2CCc3ccc(NC(=O)c4ccccn4)cc3C2)O1. The number of ketones is 1. The van der Waals surface area contributed by atoms with Gasteiger partial charge in [-0.15, -0.1) is 0 Å². The maximum atomic E-state index is 12.9. The van der Waals surface area contributed by atoms with Gasteiger partial charge in [-0.05, 0) is 55.7 Å². The lowest BCUT2D eigenvalue weighted by Gasteiger charge is -2.34. The van der Waals surface area contributed by atoms with E-state index in [0.717, 1.165) is 11.1 Å². The molecule has 2 aromatic rings. The number of ether oxygens (including phenoxy) is 1. The summed E-state index contributed by atoms with van der Waals surface area (Å²) in [6.07, 6.45) is 3.82. The molecule has 0 aliphatic carbocycles. The van der Waals surface area contributed by atoms with Crippen LogP contribution in [0.15, 0.2) is 54.4 Å². The highest BCUT2D eigenvalue weighted by atomic mass is 16.5. The first-order valence-corrected chi connectivity index (χ1v) is 9.88. The summed E-state index contributed by atoms with van der Waals surface area (Å²) in [5.74, 6) is -0.587. The third-order valence-electron chi connectivity index (χ3n) is 5.15. The summed E-state index contributed by atoms with van der Waals surface area (Å²) in [6.45, 7) is 4.53. The molecule has 0 fully saturated rings. The molecule has 1 aromatic carbocycles. The minimum absolute atomic E-state index is 0.0966. The molecular formula is C23H23N3O4. The zero-order valence-electron chi connectivity index (χ0n) is 17.0. The summed E-state index contributed by atoms with van der Waals surface area (Å²) < 4.78 is 5.76. The van der Waals surface area contributed by atoms with E-state index in [4.69, 9.17) is 4.74 Å². The highest BCUT2D eigenvalue weighted by Gasteiger charge is 2.34. The van der Waals surface area contributed by atoms with Crippen LogP contribution < -0.4 is 5.32 Å². The van der Waals surface area contributed by atoms with E-state index < -0.39 is 5.60 Å². The van der Waals surface area contributed by atoms with Crippen molar-refractivity contribution in [2.45, 2.75) is 38.8 Å². The summed E-state index contributed by atoms with van der Waals surface area (Å²) in [6, 6.07) is 10.8. The number of carbonyl (C=O) groups is 3. The van der Waals surface area contributed by atoms with Crippen LogP contribution in [0.2, 0.25) is 0 Å². The molecule has 2 amide bonds. The number of anilines is 1. The van der Waals surface area contributed by atoms with Crippen LogP contribution in [0.3, 0.4) is 0 Å². The minimum Gasteiger partial charge on any atom is -0.481 e. The molecule has 0 unspecified atom stereocenters. The Morgan fingerprint density at radius 2 is 2.00 bits per heavy atom. The number of nitrogens with zero attached hydrogens (tertiary/aromatic N) is 2. The molecule has 2 aliphatic rings. The molecule has 154 valence electrons. The van der Waals surface area contributed by atoms with Crippen LogP contribution in [0, 0.1) is 0 Å². The number of benzene rings is 1. The Kier molecular flexibility index (Phi) is 5.11. The fourth-order valence-electron chi connectivity index (χ4n) is 3.74. The number of hydrogen-bond acceptors (Lipinski definition) is 5. The monoisotopic (exact) mass is 405 g/mol. The molecule has 1 aromatic heterocycles. The summed E-state index contributed by atoms with van der Waals surface area (Å²) in [5.41, 5.74) is 2.37. The van der Waals surface area contributed by atoms with Crippen molar-refractivity contribution in [3.05, 3.63) is 71.3 Å². The molecule has 2 aliphatic heterocycles. The van der Waals surface area contributed by atoms with Crippen molar-refractivity contribution in [2.24, 2.45) is 0 Å². The number of rotatable bonds is 3. The molecule has 1 N–H and O–H groups in total. The summed E-state index contributed by atoms with van der Waals surface area (Å²) >= 11 is 0. The molecule has 0 atom stereocenters. The zero-order valence-corrected chi connectivity index (χ0v) is 17.0. The lowest BCUT2D eigenvalue weighted by molar-refractivity contribution is -0.138. The highest BCUT2D eigenvalue weighted by Crippen LogP contribution is 2.28. The summed E-state index contributed by atoms with van der Waals surface area (Å²) in [5, 5.41) is 2.85. The van der Waals surface area contributed by atoms with Crippen LogP contribution in [0.1, 0.15) is 41.9 Å². The second-order valence-corrected chi connectivity index (χ2v) is 8.14. The second kappa shape index (κ2) is 7.74. The minimum atomic E-state index is -0.687. The normalized spacial score (nSPS) is 17.5. The fraction of sp³-hybridized carbons (Fsp3) is 0.304. The second-order valence-electron chi connectivity index (χ2n) is 8.14. The molecule has 7 heteroatoms. The molecule has 0 saturated heterocycles. The fourth-order valence-corrected chi connectivity index (χ4v) is 3.74. The van der Waals surface area contributed by atoms with Crippen molar-refractivity contribution in [2.75, 3.05) is 11.9 Å². The van der Waals surface area contributed by atoms with Crippen LogP contribution in [-0.4, -0.2) is 39.6 Å². The standard InChI is InChI=1S/C23H23N3O4/c1-23(2)13-18(27)12-20(30-23)22(29)26-10-8-15-6-7-17(11-16(15)14-26)25-21(28)19-5-3-4-9-24-19/h3-7,9,11-12H,8,10,13-14H2,1-2H3,(H,25,28). The van der Waals surface area contributed by atoms with Gasteiger partial charge < -0.3 is 15.0 Å². The topological polar surface area (TPSA) is 88.6 Å². The third-order valence-corrected chi connectivity index (χ3v) is 5.15. The van der Waals surface area contributed by atoms with E-state index in [0.29, 0.717) is 30.9 Å². The first-order valence-electron chi connectivity index (χ1n) is 9.88. The first kappa shape index (κ1) is 19.8. The van der Waals surface area contributed by atoms with Crippen molar-refractivity contribution in [1.29, 1.82) is 0 Å². The van der Waals surface area contributed by atoms with Gasteiger partial charge in [0.2, 0.25) is 0 Å². The van der Waals surface area contributed by atoms with Crippen molar-refractivity contribution >= 4 is 23.3 Å². The number of amides is 2. The van der Waals surface area contributed by atoms with Gasteiger partial charge in [-0.1, -0.05) is 12.1 Å². The quantitative estimate of drug-likeness (QED) is 0.848. The summed E-state index contributed by atoms with van der Waals surface area (Å²) in [4.78, 5) is 43.0. The van der Waals surface area contributed by atoms with Crippen LogP contribution in [-0.2, 0) is 27.3 Å². The van der Waals surface area contributed by atoms with Gasteiger partial charge in [0.15, 0.2) is 11.5 Å². The van der Waals surface area contributed by atoms with Gasteiger partial charge >= 0.3 is 0 Å². The zero-order chi connectivity index (χ0) is 21.3. The lowest BCUT2D eigenvalue weighted by atomic mass is 9.97. The van der Waals surface area contributed by atoms with E-state index in [9.17, 15) is 14.4 Å². The number of pyridine rings is 1. The number of fused-ring (bicyclic) bond motifs is 1. The Morgan fingerprint density at radius 1 is 1.17 bits per heavy atom. The number of nitrogens with one attached hydrogen (secondary N) is 1. The van der Waals surface area contributed by atoms with Crippen molar-refractivity contribution in [1.82, 2.24) is 9.88 Å². The molecule has 4 rings (SSSR count). The average molecular weight is 405 g/mol. The van der Waals surface area contributed by atoms with E-state index in [2.05, 4.69) is 10.3 Å². The van der Waals surface area contributed by atoms with Gasteiger partial charge in [0.25, 0.3) is 11.8 Å². The predicted molar refractivity (Wildman–Crippen MR) is 111 cm³/mol. The van der Waals surface area contributed by atoms with Crippen LogP contribution in [0.5, 0.6) is 0 Å². The van der Waals surface area contributed by atoms with Gasteiger partial charge in [0, 0.05) is 37.5 Å². The first-order chi connectivity index (χ1) is 14.3. The van der Waals surface area contributed by atoms with Crippen LogP contribution in [0.25, 0.3) is 0 Å². The van der Waals surface area contributed by atoms with E-state index in [1.165, 1.54) is 6.08 Å². The maximum absolute atomic E-state index is 12.9. The Bertz CT molecular complexity index is 1040. The number of carbonyl (C=O) groups excluding carboxylic acids is 3. The van der Waals surface area contributed by atoms with Gasteiger partial charge in [-0.3, -0.25) is 19.4 Å². The molecule has 0 bridgehead atoms. The van der Waals surface area contributed by atoms with E-state index in [-0.39, 0.29) is 29.8 Å². The summed E-state index contributed by atoms with van der Waals surface area (Å²) in [7, 11) is 0. The Balaban J connectivity index is 1.49. The Labute approximate surface area is 174 Å². The van der Waals surface area contributed by atoms with E-state index >= 15 is 0 Å². The largest absolute Gasteiger partial charge is 0.481 e. The van der Waals surface area contributed by atoms with E-state index in [1.54, 1.807) is 43.1 Å². The third kappa shape index (κ3) is 4.25. The van der Waals surface area contributed by atoms with Crippen molar-refractivity contribution in [3.8, 4) is 0 Å².